The topological polar surface area (TPSA) is 92.8 Å². The Bertz CT molecular complexity index is 391. The van der Waals surface area contributed by atoms with Gasteiger partial charge >= 0.3 is 7.60 Å². The fourth-order valence-electron chi connectivity index (χ4n) is 1.46. The summed E-state index contributed by atoms with van der Waals surface area (Å²) in [5.41, 5.74) is 6.50. The third-order valence-corrected chi connectivity index (χ3v) is 3.14. The second kappa shape index (κ2) is 6.77. The largest absolute Gasteiger partial charge is 0.493 e. The van der Waals surface area contributed by atoms with Gasteiger partial charge in [-0.25, -0.2) is 0 Å². The van der Waals surface area contributed by atoms with E-state index in [0.29, 0.717) is 19.6 Å². The summed E-state index contributed by atoms with van der Waals surface area (Å²) >= 11 is 0. The van der Waals surface area contributed by atoms with Crippen LogP contribution in [0.1, 0.15) is 12.0 Å². The molecule has 0 fully saturated rings. The minimum absolute atomic E-state index is 0.147. The quantitative estimate of drug-likeness (QED) is 0.504. The highest BCUT2D eigenvalue weighted by Crippen LogP contribution is 2.34. The molecule has 1 aromatic carbocycles. The zero-order valence-corrected chi connectivity index (χ0v) is 10.5. The van der Waals surface area contributed by atoms with Crippen molar-refractivity contribution in [3.05, 3.63) is 29.8 Å². The van der Waals surface area contributed by atoms with E-state index in [9.17, 15) is 4.57 Å². The molecule has 1 aromatic rings. The average molecular weight is 259 g/mol. The molecule has 0 spiro atoms. The Morgan fingerprint density at radius 2 is 2.00 bits per heavy atom. The van der Waals surface area contributed by atoms with Crippen molar-refractivity contribution >= 4 is 7.60 Å². The highest BCUT2D eigenvalue weighted by atomic mass is 31.2. The maximum Gasteiger partial charge on any atom is 0.325 e. The van der Waals surface area contributed by atoms with Gasteiger partial charge in [-0.1, -0.05) is 18.2 Å². The molecule has 6 heteroatoms. The molecule has 0 aromatic heterocycles. The highest BCUT2D eigenvalue weighted by molar-refractivity contribution is 7.51. The number of hydrogen-bond acceptors (Lipinski definition) is 3. The first-order chi connectivity index (χ1) is 8.03. The van der Waals surface area contributed by atoms with Crippen LogP contribution in [0, 0.1) is 0 Å². The van der Waals surface area contributed by atoms with E-state index < -0.39 is 7.60 Å². The van der Waals surface area contributed by atoms with Crippen molar-refractivity contribution in [2.75, 3.05) is 19.3 Å². The fourth-order valence-corrected chi connectivity index (χ4v) is 2.00. The van der Waals surface area contributed by atoms with Gasteiger partial charge in [0.2, 0.25) is 0 Å². The Kier molecular flexibility index (Phi) is 5.65. The molecule has 0 saturated heterocycles. The zero-order chi connectivity index (χ0) is 12.7. The van der Waals surface area contributed by atoms with Crippen LogP contribution in [0.2, 0.25) is 0 Å². The second-order valence-electron chi connectivity index (χ2n) is 3.74. The Morgan fingerprint density at radius 1 is 1.29 bits per heavy atom. The van der Waals surface area contributed by atoms with E-state index in [1.54, 1.807) is 0 Å². The maximum atomic E-state index is 10.6. The van der Waals surface area contributed by atoms with E-state index in [4.69, 9.17) is 20.3 Å². The Balaban J connectivity index is 2.43. The molecule has 0 saturated carbocycles. The highest BCUT2D eigenvalue weighted by Gasteiger charge is 2.12. The number of ether oxygens (including phenoxy) is 1. The normalized spacial score (nSPS) is 11.5. The van der Waals surface area contributed by atoms with Crippen molar-refractivity contribution in [3.8, 4) is 5.75 Å². The summed E-state index contributed by atoms with van der Waals surface area (Å²) in [4.78, 5) is 17.4. The fraction of sp³-hybridized carbons (Fsp3) is 0.455. The Labute approximate surface area is 101 Å². The molecule has 17 heavy (non-hydrogen) atoms. The van der Waals surface area contributed by atoms with Crippen molar-refractivity contribution in [1.29, 1.82) is 0 Å². The summed E-state index contributed by atoms with van der Waals surface area (Å²) in [5.74, 6) is 0.740. The van der Waals surface area contributed by atoms with Crippen LogP contribution in [-0.4, -0.2) is 29.1 Å². The smallest absolute Gasteiger partial charge is 0.325 e. The van der Waals surface area contributed by atoms with Crippen LogP contribution in [0.4, 0.5) is 0 Å². The lowest BCUT2D eigenvalue weighted by atomic mass is 10.1. The van der Waals surface area contributed by atoms with Gasteiger partial charge in [0.25, 0.3) is 0 Å². The third kappa shape index (κ3) is 5.84. The van der Waals surface area contributed by atoms with Crippen LogP contribution in [-0.2, 0) is 11.0 Å². The van der Waals surface area contributed by atoms with E-state index in [1.807, 2.05) is 24.3 Å². The van der Waals surface area contributed by atoms with Gasteiger partial charge in [-0.15, -0.1) is 0 Å². The summed E-state index contributed by atoms with van der Waals surface area (Å²) in [7, 11) is -3.91. The van der Waals surface area contributed by atoms with Crippen LogP contribution in [0.3, 0.4) is 0 Å². The van der Waals surface area contributed by atoms with Crippen molar-refractivity contribution in [1.82, 2.24) is 0 Å². The molecule has 0 unspecified atom stereocenters. The van der Waals surface area contributed by atoms with Gasteiger partial charge in [-0.3, -0.25) is 4.57 Å². The molecule has 0 bridgehead atoms. The van der Waals surface area contributed by atoms with E-state index in [-0.39, 0.29) is 6.16 Å². The molecule has 4 N–H and O–H groups in total. The minimum atomic E-state index is -3.91. The van der Waals surface area contributed by atoms with Gasteiger partial charge in [-0.05, 0) is 31.0 Å². The van der Waals surface area contributed by atoms with Crippen LogP contribution < -0.4 is 10.5 Å². The summed E-state index contributed by atoms with van der Waals surface area (Å²) in [6.45, 7) is 0.843. The van der Waals surface area contributed by atoms with Crippen LogP contribution in [0.25, 0.3) is 0 Å². The molecule has 1 rings (SSSR count). The summed E-state index contributed by atoms with van der Waals surface area (Å²) < 4.78 is 16.1. The van der Waals surface area contributed by atoms with Gasteiger partial charge in [0.1, 0.15) is 5.75 Å². The van der Waals surface area contributed by atoms with Gasteiger partial charge in [-0.2, -0.15) is 0 Å². The maximum absolute atomic E-state index is 10.6. The van der Waals surface area contributed by atoms with Gasteiger partial charge < -0.3 is 20.3 Å². The number of nitrogens with two attached hydrogens (primary N) is 1. The lowest BCUT2D eigenvalue weighted by Gasteiger charge is -2.11. The van der Waals surface area contributed by atoms with Crippen molar-refractivity contribution in [2.45, 2.75) is 12.8 Å². The van der Waals surface area contributed by atoms with Crippen molar-refractivity contribution in [2.24, 2.45) is 5.73 Å². The average Bonchev–Trinajstić information content (AvgIpc) is 2.25. The minimum Gasteiger partial charge on any atom is -0.493 e. The number of hydrogen-bond donors (Lipinski definition) is 3. The van der Waals surface area contributed by atoms with Crippen LogP contribution in [0.5, 0.6) is 5.75 Å². The van der Waals surface area contributed by atoms with E-state index >= 15 is 0 Å². The monoisotopic (exact) mass is 259 g/mol. The van der Waals surface area contributed by atoms with Crippen molar-refractivity contribution < 1.29 is 19.1 Å². The predicted molar refractivity (Wildman–Crippen MR) is 66.2 cm³/mol. The lowest BCUT2D eigenvalue weighted by Crippen LogP contribution is -2.06. The summed E-state index contributed by atoms with van der Waals surface area (Å²) in [6, 6.07) is 7.54. The number of para-hydroxylation sites is 1. The summed E-state index contributed by atoms with van der Waals surface area (Å²) in [5, 5.41) is 0. The molecule has 0 radical (unpaired) electrons. The Hall–Kier alpha value is -0.870. The zero-order valence-electron chi connectivity index (χ0n) is 9.58. The molecule has 0 aliphatic carbocycles. The van der Waals surface area contributed by atoms with Crippen molar-refractivity contribution in [3.63, 3.8) is 0 Å². The molecule has 0 amide bonds. The molecule has 5 nitrogen and oxygen atoms in total. The van der Waals surface area contributed by atoms with Crippen LogP contribution >= 0.6 is 7.60 Å². The first-order valence-electron chi connectivity index (χ1n) is 5.48. The molecule has 96 valence electrons. The molecular weight excluding hydrogens is 241 g/mol. The first-order valence-corrected chi connectivity index (χ1v) is 7.28. The molecule has 0 aliphatic heterocycles. The number of benzene rings is 1. The summed E-state index contributed by atoms with van der Waals surface area (Å²) in [6.07, 6.45) is 0.919. The lowest BCUT2D eigenvalue weighted by molar-refractivity contribution is 0.306. The third-order valence-electron chi connectivity index (χ3n) is 2.24. The van der Waals surface area contributed by atoms with Crippen LogP contribution in [0.15, 0.2) is 24.3 Å². The standard InChI is InChI=1S/C11H18NO4P/c12-7-6-10-4-1-2-5-11(10)16-8-3-9-17(13,14)15/h1-2,4-5H,3,6-9,12H2,(H2,13,14,15). The second-order valence-corrected chi connectivity index (χ2v) is 5.51. The van der Waals surface area contributed by atoms with E-state index in [2.05, 4.69) is 0 Å². The predicted octanol–water partition coefficient (Wildman–Crippen LogP) is 1.13. The Morgan fingerprint density at radius 3 is 2.65 bits per heavy atom. The SMILES string of the molecule is NCCc1ccccc1OCCCP(=O)(O)O. The first kappa shape index (κ1) is 14.2. The van der Waals surface area contributed by atoms with E-state index in [0.717, 1.165) is 17.7 Å². The molecule has 0 heterocycles. The molecular formula is C11H18NO4P. The number of rotatable bonds is 7. The van der Waals surface area contributed by atoms with Gasteiger partial charge in [0, 0.05) is 0 Å². The molecule has 0 atom stereocenters. The molecule has 0 aliphatic rings. The van der Waals surface area contributed by atoms with Gasteiger partial charge in [0.15, 0.2) is 0 Å². The van der Waals surface area contributed by atoms with E-state index in [1.165, 1.54) is 0 Å². The van der Waals surface area contributed by atoms with Gasteiger partial charge in [0.05, 0.1) is 12.8 Å².